The zero-order chi connectivity index (χ0) is 16.4. The van der Waals surface area contributed by atoms with Crippen molar-refractivity contribution in [1.82, 2.24) is 14.8 Å². The Balaban J connectivity index is 1.67. The number of ether oxygens (including phenoxy) is 1. The van der Waals surface area contributed by atoms with Crippen LogP contribution < -0.4 is 0 Å². The summed E-state index contributed by atoms with van der Waals surface area (Å²) >= 11 is 0. The number of H-pyrrole nitrogens is 1. The summed E-state index contributed by atoms with van der Waals surface area (Å²) in [5.41, 5.74) is 2.72. The number of piperazine rings is 1. The van der Waals surface area contributed by atoms with Gasteiger partial charge in [0.15, 0.2) is 0 Å². The van der Waals surface area contributed by atoms with Crippen molar-refractivity contribution < 1.29 is 14.3 Å². The van der Waals surface area contributed by atoms with Crippen LogP contribution in [0.3, 0.4) is 0 Å². The summed E-state index contributed by atoms with van der Waals surface area (Å²) in [5, 5.41) is 1.03. The maximum atomic E-state index is 12.6. The highest BCUT2D eigenvalue weighted by Gasteiger charge is 2.26. The van der Waals surface area contributed by atoms with Gasteiger partial charge in [0, 0.05) is 37.1 Å². The van der Waals surface area contributed by atoms with Crippen LogP contribution in [0.4, 0.5) is 4.79 Å². The standard InChI is InChI=1S/C17H21N3O3/c1-3-23-17(22)20-8-6-19(7-9-20)16(21)15-11-13-5-4-12(2)10-14(13)18-15/h4-5,10-11,18H,3,6-9H2,1-2H3. The van der Waals surface area contributed by atoms with Gasteiger partial charge in [0.25, 0.3) is 5.91 Å². The molecule has 2 amide bonds. The highest BCUT2D eigenvalue weighted by atomic mass is 16.6. The fourth-order valence-electron chi connectivity index (χ4n) is 2.83. The van der Waals surface area contributed by atoms with Crippen molar-refractivity contribution in [3.05, 3.63) is 35.5 Å². The van der Waals surface area contributed by atoms with Crippen LogP contribution in [0, 0.1) is 6.92 Å². The number of fused-ring (bicyclic) bond motifs is 1. The molecule has 1 aromatic heterocycles. The van der Waals surface area contributed by atoms with Crippen LogP contribution in [0.25, 0.3) is 10.9 Å². The van der Waals surface area contributed by atoms with Gasteiger partial charge < -0.3 is 19.5 Å². The van der Waals surface area contributed by atoms with Crippen molar-refractivity contribution in [2.45, 2.75) is 13.8 Å². The SMILES string of the molecule is CCOC(=O)N1CCN(C(=O)c2cc3ccc(C)cc3[nH]2)CC1. The van der Waals surface area contributed by atoms with E-state index < -0.39 is 0 Å². The predicted octanol–water partition coefficient (Wildman–Crippen LogP) is 2.39. The van der Waals surface area contributed by atoms with Crippen LogP contribution in [-0.4, -0.2) is 59.6 Å². The average molecular weight is 315 g/mol. The Bertz CT molecular complexity index is 730. The fraction of sp³-hybridized carbons (Fsp3) is 0.412. The molecule has 0 saturated carbocycles. The van der Waals surface area contributed by atoms with E-state index in [0.717, 1.165) is 16.5 Å². The van der Waals surface area contributed by atoms with E-state index in [0.29, 0.717) is 38.5 Å². The molecule has 23 heavy (non-hydrogen) atoms. The molecule has 0 unspecified atom stereocenters. The molecule has 1 aromatic carbocycles. The zero-order valence-corrected chi connectivity index (χ0v) is 13.5. The normalized spacial score (nSPS) is 15.0. The maximum absolute atomic E-state index is 12.6. The van der Waals surface area contributed by atoms with Gasteiger partial charge in [0.1, 0.15) is 5.69 Å². The minimum absolute atomic E-state index is 0.0256. The Morgan fingerprint density at radius 2 is 1.83 bits per heavy atom. The van der Waals surface area contributed by atoms with E-state index in [1.165, 1.54) is 0 Å². The fourth-order valence-corrected chi connectivity index (χ4v) is 2.83. The van der Waals surface area contributed by atoms with Crippen LogP contribution >= 0.6 is 0 Å². The Morgan fingerprint density at radius 1 is 1.13 bits per heavy atom. The topological polar surface area (TPSA) is 65.6 Å². The van der Waals surface area contributed by atoms with E-state index in [1.54, 1.807) is 16.7 Å². The summed E-state index contributed by atoms with van der Waals surface area (Å²) in [6.45, 7) is 6.23. The number of nitrogens with one attached hydrogen (secondary N) is 1. The van der Waals surface area contributed by atoms with Crippen LogP contribution in [0.5, 0.6) is 0 Å². The molecule has 0 bridgehead atoms. The lowest BCUT2D eigenvalue weighted by Crippen LogP contribution is -2.50. The smallest absolute Gasteiger partial charge is 0.409 e. The average Bonchev–Trinajstić information content (AvgIpc) is 2.97. The monoisotopic (exact) mass is 315 g/mol. The number of aromatic amines is 1. The van der Waals surface area contributed by atoms with Crippen molar-refractivity contribution in [2.24, 2.45) is 0 Å². The van der Waals surface area contributed by atoms with Gasteiger partial charge in [-0.2, -0.15) is 0 Å². The number of aryl methyl sites for hydroxylation is 1. The maximum Gasteiger partial charge on any atom is 0.409 e. The van der Waals surface area contributed by atoms with Crippen molar-refractivity contribution >= 4 is 22.9 Å². The van der Waals surface area contributed by atoms with Gasteiger partial charge in [-0.15, -0.1) is 0 Å². The van der Waals surface area contributed by atoms with Crippen molar-refractivity contribution in [3.8, 4) is 0 Å². The first-order chi connectivity index (χ1) is 11.1. The third kappa shape index (κ3) is 3.16. The number of amides is 2. The first-order valence-electron chi connectivity index (χ1n) is 7.89. The molecule has 2 aromatic rings. The molecule has 1 fully saturated rings. The van der Waals surface area contributed by atoms with Gasteiger partial charge in [-0.1, -0.05) is 12.1 Å². The van der Waals surface area contributed by atoms with Crippen LogP contribution in [0.2, 0.25) is 0 Å². The minimum atomic E-state index is -0.305. The second-order valence-corrected chi connectivity index (χ2v) is 5.75. The first kappa shape index (κ1) is 15.4. The van der Waals surface area contributed by atoms with E-state index in [1.807, 2.05) is 31.2 Å². The zero-order valence-electron chi connectivity index (χ0n) is 13.5. The number of hydrogen-bond donors (Lipinski definition) is 1. The number of rotatable bonds is 2. The van der Waals surface area contributed by atoms with Gasteiger partial charge in [-0.25, -0.2) is 4.79 Å². The van der Waals surface area contributed by atoms with Crippen molar-refractivity contribution in [2.75, 3.05) is 32.8 Å². The molecule has 2 heterocycles. The second-order valence-electron chi connectivity index (χ2n) is 5.75. The molecule has 6 nitrogen and oxygen atoms in total. The molecule has 0 spiro atoms. The summed E-state index contributed by atoms with van der Waals surface area (Å²) in [6.07, 6.45) is -0.305. The first-order valence-corrected chi connectivity index (χ1v) is 7.89. The predicted molar refractivity (Wildman–Crippen MR) is 87.5 cm³/mol. The molecule has 6 heteroatoms. The van der Waals surface area contributed by atoms with Gasteiger partial charge >= 0.3 is 6.09 Å². The second kappa shape index (κ2) is 6.32. The number of hydrogen-bond acceptors (Lipinski definition) is 3. The summed E-state index contributed by atoms with van der Waals surface area (Å²) < 4.78 is 4.99. The van der Waals surface area contributed by atoms with E-state index in [-0.39, 0.29) is 12.0 Å². The summed E-state index contributed by atoms with van der Waals surface area (Å²) in [7, 11) is 0. The van der Waals surface area contributed by atoms with Gasteiger partial charge in [0.2, 0.25) is 0 Å². The Hall–Kier alpha value is -2.50. The summed E-state index contributed by atoms with van der Waals surface area (Å²) in [6, 6.07) is 7.96. The largest absolute Gasteiger partial charge is 0.450 e. The molecular weight excluding hydrogens is 294 g/mol. The highest BCUT2D eigenvalue weighted by Crippen LogP contribution is 2.18. The lowest BCUT2D eigenvalue weighted by molar-refractivity contribution is 0.0566. The molecule has 1 N–H and O–H groups in total. The van der Waals surface area contributed by atoms with E-state index in [4.69, 9.17) is 4.74 Å². The van der Waals surface area contributed by atoms with Crippen LogP contribution in [-0.2, 0) is 4.74 Å². The Morgan fingerprint density at radius 3 is 2.52 bits per heavy atom. The lowest BCUT2D eigenvalue weighted by atomic mass is 10.2. The summed E-state index contributed by atoms with van der Waals surface area (Å²) in [5.74, 6) is -0.0256. The van der Waals surface area contributed by atoms with E-state index >= 15 is 0 Å². The molecule has 122 valence electrons. The van der Waals surface area contributed by atoms with Crippen LogP contribution in [0.15, 0.2) is 24.3 Å². The number of benzene rings is 1. The van der Waals surface area contributed by atoms with E-state index in [9.17, 15) is 9.59 Å². The quantitative estimate of drug-likeness (QED) is 0.925. The Kier molecular flexibility index (Phi) is 4.23. The summed E-state index contributed by atoms with van der Waals surface area (Å²) in [4.78, 5) is 30.9. The highest BCUT2D eigenvalue weighted by molar-refractivity contribution is 5.98. The minimum Gasteiger partial charge on any atom is -0.450 e. The van der Waals surface area contributed by atoms with Gasteiger partial charge in [0.05, 0.1) is 6.61 Å². The van der Waals surface area contributed by atoms with Gasteiger partial charge in [-0.05, 0) is 31.5 Å². The number of carbonyl (C=O) groups excluding carboxylic acids is 2. The lowest BCUT2D eigenvalue weighted by Gasteiger charge is -2.33. The molecule has 1 saturated heterocycles. The number of nitrogens with zero attached hydrogens (tertiary/aromatic N) is 2. The molecule has 0 atom stereocenters. The van der Waals surface area contributed by atoms with Gasteiger partial charge in [-0.3, -0.25) is 4.79 Å². The third-order valence-corrected chi connectivity index (χ3v) is 4.10. The molecule has 1 aliphatic rings. The van der Waals surface area contributed by atoms with E-state index in [2.05, 4.69) is 4.98 Å². The molecular formula is C17H21N3O3. The van der Waals surface area contributed by atoms with Crippen LogP contribution in [0.1, 0.15) is 23.0 Å². The molecule has 3 rings (SSSR count). The Labute approximate surface area is 135 Å². The molecule has 0 aliphatic carbocycles. The molecule has 1 aliphatic heterocycles. The molecule has 0 radical (unpaired) electrons. The van der Waals surface area contributed by atoms with Crippen molar-refractivity contribution in [1.29, 1.82) is 0 Å². The van der Waals surface area contributed by atoms with Crippen molar-refractivity contribution in [3.63, 3.8) is 0 Å². The third-order valence-electron chi connectivity index (χ3n) is 4.10. The number of aromatic nitrogens is 1. The number of carbonyl (C=O) groups is 2.